The van der Waals surface area contributed by atoms with Crippen LogP contribution in [-0.2, 0) is 6.54 Å². The normalized spacial score (nSPS) is 10.4. The van der Waals surface area contributed by atoms with Gasteiger partial charge in [0.15, 0.2) is 5.82 Å². The summed E-state index contributed by atoms with van der Waals surface area (Å²) >= 11 is 3.30. The third-order valence-corrected chi connectivity index (χ3v) is 3.43. The van der Waals surface area contributed by atoms with E-state index >= 15 is 0 Å². The summed E-state index contributed by atoms with van der Waals surface area (Å²) in [6.07, 6.45) is 8.35. The molecule has 3 aromatic rings. The number of carbonyl (C=O) groups is 1. The Morgan fingerprint density at radius 3 is 2.95 bits per heavy atom. The smallest absolute Gasteiger partial charge is 0.253 e. The molecule has 0 unspecified atom stereocenters. The quantitative estimate of drug-likeness (QED) is 0.777. The first-order valence-corrected chi connectivity index (χ1v) is 7.36. The first-order chi connectivity index (χ1) is 10.7. The van der Waals surface area contributed by atoms with Crippen LogP contribution >= 0.6 is 15.9 Å². The lowest BCUT2D eigenvalue weighted by atomic mass is 10.2. The van der Waals surface area contributed by atoms with Crippen molar-refractivity contribution in [1.29, 1.82) is 0 Å². The van der Waals surface area contributed by atoms with Gasteiger partial charge < -0.3 is 5.32 Å². The number of aromatic nitrogens is 4. The molecule has 0 radical (unpaired) electrons. The van der Waals surface area contributed by atoms with Gasteiger partial charge in [-0.05, 0) is 34.1 Å². The minimum absolute atomic E-state index is 0.191. The number of amides is 1. The molecule has 0 bridgehead atoms. The molecule has 0 atom stereocenters. The lowest BCUT2D eigenvalue weighted by Crippen LogP contribution is -2.24. The van der Waals surface area contributed by atoms with E-state index in [2.05, 4.69) is 36.3 Å². The molecule has 0 fully saturated rings. The summed E-state index contributed by atoms with van der Waals surface area (Å²) in [6, 6.07) is 7.28. The predicted octanol–water partition coefficient (Wildman–Crippen LogP) is 2.35. The summed E-state index contributed by atoms with van der Waals surface area (Å²) in [4.78, 5) is 20.5. The molecule has 3 heterocycles. The second-order valence-electron chi connectivity index (χ2n) is 4.51. The first-order valence-electron chi connectivity index (χ1n) is 6.57. The second-order valence-corrected chi connectivity index (χ2v) is 5.43. The average molecular weight is 358 g/mol. The van der Waals surface area contributed by atoms with Crippen LogP contribution in [-0.4, -0.2) is 25.7 Å². The predicted molar refractivity (Wildman–Crippen MR) is 84.5 cm³/mol. The highest BCUT2D eigenvalue weighted by atomic mass is 79.9. The van der Waals surface area contributed by atoms with Crippen molar-refractivity contribution in [2.24, 2.45) is 0 Å². The van der Waals surface area contributed by atoms with Crippen LogP contribution < -0.4 is 5.32 Å². The van der Waals surface area contributed by atoms with E-state index in [4.69, 9.17) is 0 Å². The third-order valence-electron chi connectivity index (χ3n) is 3.00. The van der Waals surface area contributed by atoms with Crippen LogP contribution in [0.2, 0.25) is 0 Å². The van der Waals surface area contributed by atoms with E-state index in [1.54, 1.807) is 29.3 Å². The summed E-state index contributed by atoms with van der Waals surface area (Å²) in [5, 5.41) is 7.03. The van der Waals surface area contributed by atoms with E-state index in [-0.39, 0.29) is 5.91 Å². The summed E-state index contributed by atoms with van der Waals surface area (Å²) < 4.78 is 2.43. The van der Waals surface area contributed by atoms with Gasteiger partial charge in [0, 0.05) is 47.6 Å². The number of rotatable bonds is 4. The third kappa shape index (κ3) is 3.20. The maximum Gasteiger partial charge on any atom is 0.253 e. The molecule has 22 heavy (non-hydrogen) atoms. The molecule has 1 amide bonds. The molecule has 3 rings (SSSR count). The Labute approximate surface area is 135 Å². The van der Waals surface area contributed by atoms with Crippen molar-refractivity contribution in [3.63, 3.8) is 0 Å². The van der Waals surface area contributed by atoms with E-state index in [1.807, 2.05) is 24.4 Å². The molecule has 7 heteroatoms. The molecular weight excluding hydrogens is 346 g/mol. The van der Waals surface area contributed by atoms with Crippen LogP contribution in [0, 0.1) is 0 Å². The van der Waals surface area contributed by atoms with Gasteiger partial charge in [0.1, 0.15) is 0 Å². The zero-order valence-corrected chi connectivity index (χ0v) is 13.1. The number of hydrogen-bond donors (Lipinski definition) is 1. The highest BCUT2D eigenvalue weighted by Gasteiger charge is 2.10. The van der Waals surface area contributed by atoms with E-state index in [9.17, 15) is 4.79 Å². The molecule has 0 aromatic carbocycles. The standard InChI is InChI=1S/C15H12BrN5O/c16-13-7-12(8-17-10-13)15(22)19-9-11-3-1-4-18-14(11)21-6-2-5-20-21/h1-8,10H,9H2,(H,19,22). The SMILES string of the molecule is O=C(NCc1cccnc1-n1cccn1)c1cncc(Br)c1. The first kappa shape index (κ1) is 14.4. The lowest BCUT2D eigenvalue weighted by molar-refractivity contribution is 0.0950. The van der Waals surface area contributed by atoms with Crippen LogP contribution in [0.15, 0.2) is 59.7 Å². The Bertz CT molecular complexity index is 788. The van der Waals surface area contributed by atoms with Gasteiger partial charge in [-0.3, -0.25) is 9.78 Å². The molecule has 0 aliphatic rings. The Balaban J connectivity index is 1.76. The summed E-state index contributed by atoms with van der Waals surface area (Å²) in [7, 11) is 0. The van der Waals surface area contributed by atoms with Crippen LogP contribution in [0.1, 0.15) is 15.9 Å². The molecule has 110 valence electrons. The van der Waals surface area contributed by atoms with Gasteiger partial charge in [-0.1, -0.05) is 6.07 Å². The van der Waals surface area contributed by atoms with Crippen molar-refractivity contribution in [3.8, 4) is 5.82 Å². The fourth-order valence-electron chi connectivity index (χ4n) is 1.98. The Morgan fingerprint density at radius 1 is 1.27 bits per heavy atom. The highest BCUT2D eigenvalue weighted by molar-refractivity contribution is 9.10. The Morgan fingerprint density at radius 2 is 2.18 bits per heavy atom. The molecule has 0 saturated carbocycles. The van der Waals surface area contributed by atoms with Crippen LogP contribution in [0.5, 0.6) is 0 Å². The monoisotopic (exact) mass is 357 g/mol. The topological polar surface area (TPSA) is 72.7 Å². The number of nitrogens with zero attached hydrogens (tertiary/aromatic N) is 4. The minimum Gasteiger partial charge on any atom is -0.348 e. The van der Waals surface area contributed by atoms with Gasteiger partial charge in [-0.2, -0.15) is 5.10 Å². The number of pyridine rings is 2. The van der Waals surface area contributed by atoms with Crippen molar-refractivity contribution in [3.05, 3.63) is 70.8 Å². The Hall–Kier alpha value is -2.54. The molecule has 0 aliphatic heterocycles. The molecule has 0 saturated heterocycles. The van der Waals surface area contributed by atoms with Gasteiger partial charge >= 0.3 is 0 Å². The molecule has 0 aliphatic carbocycles. The molecule has 3 aromatic heterocycles. The average Bonchev–Trinajstić information content (AvgIpc) is 3.07. The number of hydrogen-bond acceptors (Lipinski definition) is 4. The number of carbonyl (C=O) groups excluding carboxylic acids is 1. The maximum atomic E-state index is 12.2. The molecular formula is C15H12BrN5O. The zero-order chi connectivity index (χ0) is 15.4. The molecule has 6 nitrogen and oxygen atoms in total. The van der Waals surface area contributed by atoms with E-state index in [0.717, 1.165) is 10.0 Å². The summed E-state index contributed by atoms with van der Waals surface area (Å²) in [6.45, 7) is 0.356. The van der Waals surface area contributed by atoms with E-state index < -0.39 is 0 Å². The van der Waals surface area contributed by atoms with Gasteiger partial charge in [0.25, 0.3) is 5.91 Å². The Kier molecular flexibility index (Phi) is 4.24. The van der Waals surface area contributed by atoms with Crippen molar-refractivity contribution in [1.82, 2.24) is 25.1 Å². The van der Waals surface area contributed by atoms with Crippen molar-refractivity contribution < 1.29 is 4.79 Å². The summed E-state index contributed by atoms with van der Waals surface area (Å²) in [5.74, 6) is 0.504. The van der Waals surface area contributed by atoms with Crippen molar-refractivity contribution in [2.45, 2.75) is 6.54 Å². The number of nitrogens with one attached hydrogen (secondary N) is 1. The minimum atomic E-state index is -0.191. The van der Waals surface area contributed by atoms with Crippen LogP contribution in [0.25, 0.3) is 5.82 Å². The van der Waals surface area contributed by atoms with E-state index in [1.165, 1.54) is 6.20 Å². The highest BCUT2D eigenvalue weighted by Crippen LogP contribution is 2.12. The van der Waals surface area contributed by atoms with Crippen LogP contribution in [0.3, 0.4) is 0 Å². The van der Waals surface area contributed by atoms with Gasteiger partial charge in [0.05, 0.1) is 5.56 Å². The number of halogens is 1. The molecule has 0 spiro atoms. The van der Waals surface area contributed by atoms with Gasteiger partial charge in [0.2, 0.25) is 0 Å². The fourth-order valence-corrected chi connectivity index (χ4v) is 2.35. The largest absolute Gasteiger partial charge is 0.348 e. The van der Waals surface area contributed by atoms with Crippen molar-refractivity contribution in [2.75, 3.05) is 0 Å². The van der Waals surface area contributed by atoms with Gasteiger partial charge in [-0.15, -0.1) is 0 Å². The maximum absolute atomic E-state index is 12.2. The van der Waals surface area contributed by atoms with Crippen LogP contribution in [0.4, 0.5) is 0 Å². The van der Waals surface area contributed by atoms with E-state index in [0.29, 0.717) is 17.9 Å². The summed E-state index contributed by atoms with van der Waals surface area (Å²) in [5.41, 5.74) is 1.38. The molecule has 1 N–H and O–H groups in total. The zero-order valence-electron chi connectivity index (χ0n) is 11.5. The van der Waals surface area contributed by atoms with Gasteiger partial charge in [-0.25, -0.2) is 9.67 Å². The fraction of sp³-hybridized carbons (Fsp3) is 0.0667. The second kappa shape index (κ2) is 6.48. The van der Waals surface area contributed by atoms with Crippen molar-refractivity contribution >= 4 is 21.8 Å². The lowest BCUT2D eigenvalue weighted by Gasteiger charge is -2.09.